The Labute approximate surface area is 123 Å². The Balaban J connectivity index is 0.00000147. The van der Waals surface area contributed by atoms with Crippen LogP contribution in [0.15, 0.2) is 48.7 Å². The molecule has 2 aromatic rings. The standard InChI is InChI=1S/C15H14N2O2.ClH/c1-11(12-6-3-2-4-7-12)17-14(18)10-19-13-8-5-9-16-15(13)17;/h2-9,11H,10H2,1H3;1H. The van der Waals surface area contributed by atoms with Crippen molar-refractivity contribution in [2.45, 2.75) is 13.0 Å². The first-order chi connectivity index (χ1) is 9.27. The molecule has 0 fully saturated rings. The lowest BCUT2D eigenvalue weighted by Gasteiger charge is -2.33. The van der Waals surface area contributed by atoms with E-state index in [0.29, 0.717) is 11.6 Å². The van der Waals surface area contributed by atoms with Gasteiger partial charge in [0.15, 0.2) is 18.2 Å². The minimum atomic E-state index is -0.0671. The fraction of sp³-hybridized carbons (Fsp3) is 0.200. The molecule has 20 heavy (non-hydrogen) atoms. The lowest BCUT2D eigenvalue weighted by molar-refractivity contribution is -0.121. The minimum Gasteiger partial charge on any atom is -0.480 e. The zero-order valence-corrected chi connectivity index (χ0v) is 11.8. The molecule has 1 aliphatic rings. The Hall–Kier alpha value is -2.07. The molecule has 1 atom stereocenters. The topological polar surface area (TPSA) is 42.4 Å². The van der Waals surface area contributed by atoms with Gasteiger partial charge in [-0.1, -0.05) is 30.3 Å². The molecular weight excluding hydrogens is 276 g/mol. The second-order valence-corrected chi connectivity index (χ2v) is 4.46. The van der Waals surface area contributed by atoms with Gasteiger partial charge in [-0.15, -0.1) is 12.4 Å². The SMILES string of the molecule is CC(c1ccccc1)N1C(=O)COc2cccnc21.Cl. The van der Waals surface area contributed by atoms with Gasteiger partial charge in [0.05, 0.1) is 6.04 Å². The molecule has 0 saturated heterocycles. The number of benzene rings is 1. The Kier molecular flexibility index (Phi) is 4.25. The molecule has 0 saturated carbocycles. The number of hydrogen-bond acceptors (Lipinski definition) is 3. The largest absolute Gasteiger partial charge is 0.480 e. The number of hydrogen-bond donors (Lipinski definition) is 0. The maximum Gasteiger partial charge on any atom is 0.266 e. The molecule has 0 bridgehead atoms. The second kappa shape index (κ2) is 5.92. The van der Waals surface area contributed by atoms with Gasteiger partial charge < -0.3 is 4.74 Å². The molecule has 1 aromatic heterocycles. The fourth-order valence-electron chi connectivity index (χ4n) is 2.28. The number of fused-ring (bicyclic) bond motifs is 1. The number of carbonyl (C=O) groups is 1. The quantitative estimate of drug-likeness (QED) is 0.854. The van der Waals surface area contributed by atoms with Crippen molar-refractivity contribution in [1.82, 2.24) is 4.98 Å². The molecule has 104 valence electrons. The first-order valence-corrected chi connectivity index (χ1v) is 6.22. The number of aromatic nitrogens is 1. The molecule has 1 aliphatic heterocycles. The number of rotatable bonds is 2. The predicted molar refractivity (Wildman–Crippen MR) is 79.3 cm³/mol. The fourth-order valence-corrected chi connectivity index (χ4v) is 2.28. The van der Waals surface area contributed by atoms with Gasteiger partial charge >= 0.3 is 0 Å². The number of amides is 1. The van der Waals surface area contributed by atoms with Crippen molar-refractivity contribution >= 4 is 24.1 Å². The molecule has 4 nitrogen and oxygen atoms in total. The third-order valence-corrected chi connectivity index (χ3v) is 3.27. The van der Waals surface area contributed by atoms with Gasteiger partial charge in [-0.05, 0) is 24.6 Å². The first kappa shape index (κ1) is 14.3. The van der Waals surface area contributed by atoms with Crippen molar-refractivity contribution in [2.75, 3.05) is 11.5 Å². The van der Waals surface area contributed by atoms with E-state index in [9.17, 15) is 4.79 Å². The minimum absolute atomic E-state index is 0. The van der Waals surface area contributed by atoms with Crippen LogP contribution in [0.4, 0.5) is 5.82 Å². The molecule has 0 N–H and O–H groups in total. The van der Waals surface area contributed by atoms with Gasteiger partial charge in [0.25, 0.3) is 5.91 Å². The average molecular weight is 291 g/mol. The van der Waals surface area contributed by atoms with Crippen LogP contribution in [0.1, 0.15) is 18.5 Å². The summed E-state index contributed by atoms with van der Waals surface area (Å²) in [5, 5.41) is 0. The van der Waals surface area contributed by atoms with Gasteiger partial charge in [-0.3, -0.25) is 9.69 Å². The molecule has 2 heterocycles. The van der Waals surface area contributed by atoms with Crippen LogP contribution in [0, 0.1) is 0 Å². The van der Waals surface area contributed by atoms with Crippen molar-refractivity contribution in [1.29, 1.82) is 0 Å². The van der Waals surface area contributed by atoms with E-state index < -0.39 is 0 Å². The molecule has 3 rings (SSSR count). The van der Waals surface area contributed by atoms with E-state index in [1.54, 1.807) is 17.2 Å². The number of nitrogens with zero attached hydrogens (tertiary/aromatic N) is 2. The summed E-state index contributed by atoms with van der Waals surface area (Å²) >= 11 is 0. The molecule has 0 spiro atoms. The average Bonchev–Trinajstić information content (AvgIpc) is 2.47. The summed E-state index contributed by atoms with van der Waals surface area (Å²) < 4.78 is 5.40. The van der Waals surface area contributed by atoms with Gasteiger partial charge in [0.2, 0.25) is 0 Å². The Morgan fingerprint density at radius 3 is 2.70 bits per heavy atom. The molecular formula is C15H15ClN2O2. The number of ether oxygens (including phenoxy) is 1. The molecule has 5 heteroatoms. The zero-order valence-electron chi connectivity index (χ0n) is 11.0. The number of anilines is 1. The summed E-state index contributed by atoms with van der Waals surface area (Å²) in [6.45, 7) is 2.06. The van der Waals surface area contributed by atoms with Crippen LogP contribution in [0.25, 0.3) is 0 Å². The summed E-state index contributed by atoms with van der Waals surface area (Å²) in [6.07, 6.45) is 1.67. The van der Waals surface area contributed by atoms with E-state index in [2.05, 4.69) is 4.98 Å². The summed E-state index contributed by atoms with van der Waals surface area (Å²) in [7, 11) is 0. The van der Waals surface area contributed by atoms with Crippen molar-refractivity contribution in [3.63, 3.8) is 0 Å². The van der Waals surface area contributed by atoms with Crippen LogP contribution in [-0.4, -0.2) is 17.5 Å². The summed E-state index contributed by atoms with van der Waals surface area (Å²) in [4.78, 5) is 18.1. The summed E-state index contributed by atoms with van der Waals surface area (Å²) in [5.74, 6) is 1.18. The predicted octanol–water partition coefficient (Wildman–Crippen LogP) is 2.99. The highest BCUT2D eigenvalue weighted by Gasteiger charge is 2.31. The molecule has 1 amide bonds. The third-order valence-electron chi connectivity index (χ3n) is 3.27. The highest BCUT2D eigenvalue weighted by molar-refractivity contribution is 5.97. The van der Waals surface area contributed by atoms with E-state index in [-0.39, 0.29) is 31.0 Å². The van der Waals surface area contributed by atoms with Crippen LogP contribution < -0.4 is 9.64 Å². The van der Waals surface area contributed by atoms with E-state index in [1.165, 1.54) is 0 Å². The Bertz CT molecular complexity index is 604. The summed E-state index contributed by atoms with van der Waals surface area (Å²) in [5.41, 5.74) is 1.08. The maximum absolute atomic E-state index is 12.1. The Morgan fingerprint density at radius 2 is 1.95 bits per heavy atom. The second-order valence-electron chi connectivity index (χ2n) is 4.46. The number of pyridine rings is 1. The lowest BCUT2D eigenvalue weighted by atomic mass is 10.1. The lowest BCUT2D eigenvalue weighted by Crippen LogP contribution is -2.41. The van der Waals surface area contributed by atoms with Crippen LogP contribution in [-0.2, 0) is 4.79 Å². The number of carbonyl (C=O) groups excluding carboxylic acids is 1. The normalized spacial score (nSPS) is 14.8. The van der Waals surface area contributed by atoms with Crippen LogP contribution in [0.2, 0.25) is 0 Å². The highest BCUT2D eigenvalue weighted by Crippen LogP contribution is 2.35. The summed E-state index contributed by atoms with van der Waals surface area (Å²) in [6, 6.07) is 13.5. The van der Waals surface area contributed by atoms with E-state index >= 15 is 0 Å². The third kappa shape index (κ3) is 2.47. The smallest absolute Gasteiger partial charge is 0.266 e. The maximum atomic E-state index is 12.1. The monoisotopic (exact) mass is 290 g/mol. The van der Waals surface area contributed by atoms with E-state index in [4.69, 9.17) is 4.74 Å². The van der Waals surface area contributed by atoms with Gasteiger partial charge in [0.1, 0.15) is 0 Å². The Morgan fingerprint density at radius 1 is 1.20 bits per heavy atom. The number of halogens is 1. The van der Waals surface area contributed by atoms with Crippen molar-refractivity contribution in [2.24, 2.45) is 0 Å². The highest BCUT2D eigenvalue weighted by atomic mass is 35.5. The molecule has 0 aliphatic carbocycles. The van der Waals surface area contributed by atoms with Gasteiger partial charge in [0, 0.05) is 6.20 Å². The molecule has 1 unspecified atom stereocenters. The molecule has 1 aromatic carbocycles. The van der Waals surface area contributed by atoms with Crippen LogP contribution in [0.3, 0.4) is 0 Å². The zero-order chi connectivity index (χ0) is 13.2. The van der Waals surface area contributed by atoms with Crippen molar-refractivity contribution < 1.29 is 9.53 Å². The van der Waals surface area contributed by atoms with E-state index in [0.717, 1.165) is 5.56 Å². The van der Waals surface area contributed by atoms with Crippen LogP contribution >= 0.6 is 12.4 Å². The molecule has 0 radical (unpaired) electrons. The van der Waals surface area contributed by atoms with Gasteiger partial charge in [-0.2, -0.15) is 0 Å². The van der Waals surface area contributed by atoms with Crippen molar-refractivity contribution in [3.8, 4) is 5.75 Å². The first-order valence-electron chi connectivity index (χ1n) is 6.22. The van der Waals surface area contributed by atoms with E-state index in [1.807, 2.05) is 43.3 Å². The van der Waals surface area contributed by atoms with Crippen LogP contribution in [0.5, 0.6) is 5.75 Å². The van der Waals surface area contributed by atoms with Crippen molar-refractivity contribution in [3.05, 3.63) is 54.2 Å². The van der Waals surface area contributed by atoms with Gasteiger partial charge in [-0.25, -0.2) is 4.98 Å².